The fourth-order valence-electron chi connectivity index (χ4n) is 1.79. The van der Waals surface area contributed by atoms with E-state index in [1.165, 1.54) is 6.33 Å². The molecule has 0 atom stereocenters. The molecule has 0 aliphatic heterocycles. The lowest BCUT2D eigenvalue weighted by atomic mass is 10.3. The minimum atomic E-state index is 0.555. The number of nitrogens with two attached hydrogens (primary N) is 1. The summed E-state index contributed by atoms with van der Waals surface area (Å²) in [6, 6.07) is 0. The molecule has 0 radical (unpaired) electrons. The highest BCUT2D eigenvalue weighted by molar-refractivity contribution is 5.39. The van der Waals surface area contributed by atoms with Crippen molar-refractivity contribution >= 4 is 0 Å². The molecule has 2 heterocycles. The van der Waals surface area contributed by atoms with Crippen LogP contribution in [0, 0.1) is 6.92 Å². The van der Waals surface area contributed by atoms with Gasteiger partial charge in [0.05, 0.1) is 12.2 Å². The number of ether oxygens (including phenoxy) is 1. The zero-order valence-corrected chi connectivity index (χ0v) is 10.6. The standard InChI is InChI=1S/C12H17N5O/c1-3-18-12-9(2)11(15-8-16-12)17-7-6-14-10(17)4-5-13/h6-8H,3-5,13H2,1-2H3. The van der Waals surface area contributed by atoms with Gasteiger partial charge in [0.25, 0.3) is 0 Å². The van der Waals surface area contributed by atoms with Gasteiger partial charge in [0, 0.05) is 18.8 Å². The van der Waals surface area contributed by atoms with Crippen molar-refractivity contribution in [2.75, 3.05) is 13.2 Å². The van der Waals surface area contributed by atoms with Gasteiger partial charge in [-0.25, -0.2) is 15.0 Å². The maximum Gasteiger partial charge on any atom is 0.221 e. The van der Waals surface area contributed by atoms with Gasteiger partial charge in [0.1, 0.15) is 18.0 Å². The largest absolute Gasteiger partial charge is 0.478 e. The Hall–Kier alpha value is -1.95. The Kier molecular flexibility index (Phi) is 3.88. The van der Waals surface area contributed by atoms with E-state index in [-0.39, 0.29) is 0 Å². The minimum absolute atomic E-state index is 0.555. The lowest BCUT2D eigenvalue weighted by Crippen LogP contribution is -2.11. The first-order valence-corrected chi connectivity index (χ1v) is 5.95. The number of imidazole rings is 1. The van der Waals surface area contributed by atoms with Crippen molar-refractivity contribution < 1.29 is 4.74 Å². The van der Waals surface area contributed by atoms with Crippen LogP contribution in [0.25, 0.3) is 5.82 Å². The molecule has 0 unspecified atom stereocenters. The van der Waals surface area contributed by atoms with E-state index < -0.39 is 0 Å². The number of rotatable bonds is 5. The molecule has 0 spiro atoms. The SMILES string of the molecule is CCOc1ncnc(-n2ccnc2CCN)c1C. The normalized spacial score (nSPS) is 10.6. The van der Waals surface area contributed by atoms with Gasteiger partial charge in [-0.05, 0) is 20.4 Å². The zero-order chi connectivity index (χ0) is 13.0. The van der Waals surface area contributed by atoms with E-state index in [9.17, 15) is 0 Å². The molecular formula is C12H17N5O. The van der Waals surface area contributed by atoms with Crippen molar-refractivity contribution in [3.63, 3.8) is 0 Å². The predicted octanol–water partition coefficient (Wildman–Crippen LogP) is 0.871. The molecule has 0 saturated carbocycles. The molecule has 6 heteroatoms. The molecule has 2 N–H and O–H groups in total. The van der Waals surface area contributed by atoms with Crippen LogP contribution in [0.1, 0.15) is 18.3 Å². The highest BCUT2D eigenvalue weighted by Crippen LogP contribution is 2.20. The third-order valence-corrected chi connectivity index (χ3v) is 2.61. The van der Waals surface area contributed by atoms with Gasteiger partial charge < -0.3 is 10.5 Å². The average molecular weight is 247 g/mol. The summed E-state index contributed by atoms with van der Waals surface area (Å²) in [5.74, 6) is 2.28. The van der Waals surface area contributed by atoms with Gasteiger partial charge >= 0.3 is 0 Å². The van der Waals surface area contributed by atoms with E-state index in [1.54, 1.807) is 6.20 Å². The molecule has 2 aromatic heterocycles. The van der Waals surface area contributed by atoms with E-state index in [4.69, 9.17) is 10.5 Å². The van der Waals surface area contributed by atoms with E-state index >= 15 is 0 Å². The van der Waals surface area contributed by atoms with E-state index in [0.29, 0.717) is 25.5 Å². The van der Waals surface area contributed by atoms with Crippen LogP contribution in [0.5, 0.6) is 5.88 Å². The van der Waals surface area contributed by atoms with Gasteiger partial charge in [-0.3, -0.25) is 4.57 Å². The lowest BCUT2D eigenvalue weighted by Gasteiger charge is -2.11. The number of hydrogen-bond donors (Lipinski definition) is 1. The van der Waals surface area contributed by atoms with Crippen LogP contribution in [0.3, 0.4) is 0 Å². The molecule has 0 saturated heterocycles. The number of aromatic nitrogens is 4. The van der Waals surface area contributed by atoms with Crippen molar-refractivity contribution in [2.45, 2.75) is 20.3 Å². The van der Waals surface area contributed by atoms with Gasteiger partial charge in [0.15, 0.2) is 0 Å². The summed E-state index contributed by atoms with van der Waals surface area (Å²) in [6.07, 6.45) is 5.82. The van der Waals surface area contributed by atoms with Crippen LogP contribution in [0.4, 0.5) is 0 Å². The lowest BCUT2D eigenvalue weighted by molar-refractivity contribution is 0.323. The Bertz CT molecular complexity index is 523. The zero-order valence-electron chi connectivity index (χ0n) is 10.6. The second kappa shape index (κ2) is 5.59. The maximum absolute atomic E-state index is 5.57. The van der Waals surface area contributed by atoms with Crippen LogP contribution < -0.4 is 10.5 Å². The van der Waals surface area contributed by atoms with Gasteiger partial charge in [-0.15, -0.1) is 0 Å². The van der Waals surface area contributed by atoms with Crippen molar-refractivity contribution in [3.05, 3.63) is 30.1 Å². The summed E-state index contributed by atoms with van der Waals surface area (Å²) in [7, 11) is 0. The fourth-order valence-corrected chi connectivity index (χ4v) is 1.79. The monoisotopic (exact) mass is 247 g/mol. The predicted molar refractivity (Wildman–Crippen MR) is 67.8 cm³/mol. The Morgan fingerprint density at radius 1 is 1.33 bits per heavy atom. The Morgan fingerprint density at radius 3 is 2.89 bits per heavy atom. The molecule has 0 aliphatic rings. The molecule has 0 aliphatic carbocycles. The molecule has 2 aromatic rings. The molecule has 0 aromatic carbocycles. The Labute approximate surface area is 106 Å². The van der Waals surface area contributed by atoms with Crippen molar-refractivity contribution in [2.24, 2.45) is 5.73 Å². The van der Waals surface area contributed by atoms with Crippen LogP contribution in [0.15, 0.2) is 18.7 Å². The Morgan fingerprint density at radius 2 is 2.17 bits per heavy atom. The number of nitrogens with zero attached hydrogens (tertiary/aromatic N) is 4. The second-order valence-electron chi connectivity index (χ2n) is 3.81. The van der Waals surface area contributed by atoms with Gasteiger partial charge in [0.2, 0.25) is 5.88 Å². The molecule has 0 amide bonds. The number of hydrogen-bond acceptors (Lipinski definition) is 5. The summed E-state index contributed by atoms with van der Waals surface area (Å²) in [5, 5.41) is 0. The Balaban J connectivity index is 2.43. The van der Waals surface area contributed by atoms with Crippen molar-refractivity contribution in [1.29, 1.82) is 0 Å². The summed E-state index contributed by atoms with van der Waals surface area (Å²) < 4.78 is 7.39. The first kappa shape index (κ1) is 12.5. The van der Waals surface area contributed by atoms with Crippen LogP contribution in [0.2, 0.25) is 0 Å². The van der Waals surface area contributed by atoms with E-state index in [0.717, 1.165) is 17.2 Å². The van der Waals surface area contributed by atoms with Crippen molar-refractivity contribution in [1.82, 2.24) is 19.5 Å². The average Bonchev–Trinajstić information content (AvgIpc) is 2.81. The highest BCUT2D eigenvalue weighted by atomic mass is 16.5. The molecule has 18 heavy (non-hydrogen) atoms. The maximum atomic E-state index is 5.57. The highest BCUT2D eigenvalue weighted by Gasteiger charge is 2.12. The molecule has 6 nitrogen and oxygen atoms in total. The molecule has 0 bridgehead atoms. The summed E-state index contributed by atoms with van der Waals surface area (Å²) in [5.41, 5.74) is 6.47. The van der Waals surface area contributed by atoms with Crippen LogP contribution >= 0.6 is 0 Å². The smallest absolute Gasteiger partial charge is 0.221 e. The van der Waals surface area contributed by atoms with Crippen LogP contribution in [-0.4, -0.2) is 32.7 Å². The molecule has 0 fully saturated rings. The third-order valence-electron chi connectivity index (χ3n) is 2.61. The topological polar surface area (TPSA) is 78.9 Å². The van der Waals surface area contributed by atoms with Crippen LogP contribution in [-0.2, 0) is 6.42 Å². The molecule has 2 rings (SSSR count). The fraction of sp³-hybridized carbons (Fsp3) is 0.417. The summed E-state index contributed by atoms with van der Waals surface area (Å²) >= 11 is 0. The third kappa shape index (κ3) is 2.33. The van der Waals surface area contributed by atoms with Crippen molar-refractivity contribution in [3.8, 4) is 11.7 Å². The first-order chi connectivity index (χ1) is 8.77. The van der Waals surface area contributed by atoms with Gasteiger partial charge in [-0.2, -0.15) is 0 Å². The molecule has 96 valence electrons. The second-order valence-corrected chi connectivity index (χ2v) is 3.81. The quantitative estimate of drug-likeness (QED) is 0.848. The van der Waals surface area contributed by atoms with E-state index in [2.05, 4.69) is 15.0 Å². The summed E-state index contributed by atoms with van der Waals surface area (Å²) in [4.78, 5) is 12.7. The minimum Gasteiger partial charge on any atom is -0.478 e. The van der Waals surface area contributed by atoms with E-state index in [1.807, 2.05) is 24.6 Å². The molecular weight excluding hydrogens is 230 g/mol. The first-order valence-electron chi connectivity index (χ1n) is 5.95. The summed E-state index contributed by atoms with van der Waals surface area (Å²) in [6.45, 7) is 5.00. The van der Waals surface area contributed by atoms with Gasteiger partial charge in [-0.1, -0.05) is 0 Å².